The zero-order chi connectivity index (χ0) is 14.6. The van der Waals surface area contributed by atoms with Crippen molar-refractivity contribution in [2.24, 2.45) is 0 Å². The van der Waals surface area contributed by atoms with Gasteiger partial charge in [0.15, 0.2) is 0 Å². The van der Waals surface area contributed by atoms with E-state index in [-0.39, 0.29) is 6.04 Å². The van der Waals surface area contributed by atoms with E-state index in [2.05, 4.69) is 34.2 Å². The molecule has 1 saturated carbocycles. The van der Waals surface area contributed by atoms with Crippen LogP contribution in [0.1, 0.15) is 50.6 Å². The monoisotopic (exact) mass is 341 g/mol. The van der Waals surface area contributed by atoms with Crippen molar-refractivity contribution in [1.82, 2.24) is 5.32 Å². The Hall–Kier alpha value is -0.580. The average molecular weight is 342 g/mol. The Morgan fingerprint density at radius 2 is 2.05 bits per heavy atom. The average Bonchev–Trinajstić information content (AvgIpc) is 2.45. The standard InChI is InChI=1S/C16H24BrNO2/c1-12(18-2)14-7-6-13(17)10-15(14)20-11-16(19)8-4-3-5-9-16/h6-7,10,12,18-19H,3-5,8-9,11H2,1-2H3. The number of halogens is 1. The molecule has 1 aromatic carbocycles. The van der Waals surface area contributed by atoms with Gasteiger partial charge in [-0.2, -0.15) is 0 Å². The maximum absolute atomic E-state index is 10.5. The minimum absolute atomic E-state index is 0.221. The Morgan fingerprint density at radius 1 is 1.35 bits per heavy atom. The van der Waals surface area contributed by atoms with Crippen molar-refractivity contribution in [3.63, 3.8) is 0 Å². The summed E-state index contributed by atoms with van der Waals surface area (Å²) in [4.78, 5) is 0. The van der Waals surface area contributed by atoms with Crippen LogP contribution >= 0.6 is 15.9 Å². The summed E-state index contributed by atoms with van der Waals surface area (Å²) in [6, 6.07) is 6.28. The van der Waals surface area contributed by atoms with Gasteiger partial charge in [0.2, 0.25) is 0 Å². The molecule has 1 fully saturated rings. The summed E-state index contributed by atoms with van der Waals surface area (Å²) in [7, 11) is 1.94. The van der Waals surface area contributed by atoms with Gasteiger partial charge in [0.1, 0.15) is 12.4 Å². The predicted molar refractivity (Wildman–Crippen MR) is 85.1 cm³/mol. The van der Waals surface area contributed by atoms with Gasteiger partial charge < -0.3 is 15.2 Å². The lowest BCUT2D eigenvalue weighted by atomic mass is 9.85. The molecule has 1 atom stereocenters. The lowest BCUT2D eigenvalue weighted by Crippen LogP contribution is -2.38. The van der Waals surface area contributed by atoms with Gasteiger partial charge in [0, 0.05) is 16.1 Å². The van der Waals surface area contributed by atoms with Crippen LogP contribution in [0.4, 0.5) is 0 Å². The van der Waals surface area contributed by atoms with E-state index in [4.69, 9.17) is 4.74 Å². The van der Waals surface area contributed by atoms with Gasteiger partial charge in [0.05, 0.1) is 5.60 Å². The first-order chi connectivity index (χ1) is 9.54. The van der Waals surface area contributed by atoms with E-state index in [1.165, 1.54) is 6.42 Å². The van der Waals surface area contributed by atoms with Crippen LogP contribution in [0.3, 0.4) is 0 Å². The van der Waals surface area contributed by atoms with E-state index in [0.717, 1.165) is 41.5 Å². The first-order valence-corrected chi connectivity index (χ1v) is 8.15. The van der Waals surface area contributed by atoms with Crippen LogP contribution in [0.2, 0.25) is 0 Å². The summed E-state index contributed by atoms with van der Waals surface area (Å²) in [6.07, 6.45) is 5.10. The van der Waals surface area contributed by atoms with Crippen LogP contribution in [-0.4, -0.2) is 24.4 Å². The van der Waals surface area contributed by atoms with Crippen LogP contribution in [-0.2, 0) is 0 Å². The molecule has 4 heteroatoms. The molecular weight excluding hydrogens is 318 g/mol. The molecule has 0 spiro atoms. The molecule has 0 aromatic heterocycles. The van der Waals surface area contributed by atoms with E-state index in [1.54, 1.807) is 0 Å². The second-order valence-corrected chi connectivity index (χ2v) is 6.68. The largest absolute Gasteiger partial charge is 0.490 e. The summed E-state index contributed by atoms with van der Waals surface area (Å²) in [5.41, 5.74) is 0.468. The van der Waals surface area contributed by atoms with Gasteiger partial charge in [-0.1, -0.05) is 41.3 Å². The van der Waals surface area contributed by atoms with Gasteiger partial charge in [-0.15, -0.1) is 0 Å². The second-order valence-electron chi connectivity index (χ2n) is 5.77. The Labute approximate surface area is 129 Å². The lowest BCUT2D eigenvalue weighted by molar-refractivity contribution is -0.0342. The van der Waals surface area contributed by atoms with Crippen molar-refractivity contribution in [1.29, 1.82) is 0 Å². The molecule has 0 saturated heterocycles. The number of aliphatic hydroxyl groups is 1. The topological polar surface area (TPSA) is 41.5 Å². The number of hydrogen-bond donors (Lipinski definition) is 2. The van der Waals surface area contributed by atoms with Crippen molar-refractivity contribution in [3.05, 3.63) is 28.2 Å². The summed E-state index contributed by atoms with van der Waals surface area (Å²) < 4.78 is 6.96. The normalized spacial score (nSPS) is 19.6. The highest BCUT2D eigenvalue weighted by Crippen LogP contribution is 2.32. The third kappa shape index (κ3) is 3.96. The highest BCUT2D eigenvalue weighted by Gasteiger charge is 2.30. The van der Waals surface area contributed by atoms with Crippen molar-refractivity contribution in [2.45, 2.75) is 50.7 Å². The van der Waals surface area contributed by atoms with E-state index in [1.807, 2.05) is 19.2 Å². The Morgan fingerprint density at radius 3 is 2.70 bits per heavy atom. The molecule has 1 aliphatic rings. The van der Waals surface area contributed by atoms with E-state index in [9.17, 15) is 5.11 Å². The SMILES string of the molecule is CNC(C)c1ccc(Br)cc1OCC1(O)CCCCC1. The quantitative estimate of drug-likeness (QED) is 0.855. The predicted octanol–water partition coefficient (Wildman–Crippen LogP) is 3.80. The molecule has 0 bridgehead atoms. The zero-order valence-electron chi connectivity index (χ0n) is 12.3. The maximum Gasteiger partial charge on any atom is 0.125 e. The molecule has 1 unspecified atom stereocenters. The van der Waals surface area contributed by atoms with Crippen molar-refractivity contribution >= 4 is 15.9 Å². The summed E-state index contributed by atoms with van der Waals surface area (Å²) in [5, 5.41) is 13.8. The fraction of sp³-hybridized carbons (Fsp3) is 0.625. The number of rotatable bonds is 5. The van der Waals surface area contributed by atoms with Crippen LogP contribution in [0.5, 0.6) is 5.75 Å². The summed E-state index contributed by atoms with van der Waals surface area (Å²) in [6.45, 7) is 2.48. The number of hydrogen-bond acceptors (Lipinski definition) is 3. The third-order valence-electron chi connectivity index (χ3n) is 4.16. The molecule has 20 heavy (non-hydrogen) atoms. The molecule has 3 nitrogen and oxygen atoms in total. The van der Waals surface area contributed by atoms with E-state index < -0.39 is 5.60 Å². The summed E-state index contributed by atoms with van der Waals surface area (Å²) >= 11 is 3.48. The van der Waals surface area contributed by atoms with Crippen LogP contribution < -0.4 is 10.1 Å². The van der Waals surface area contributed by atoms with Gasteiger partial charge in [0.25, 0.3) is 0 Å². The molecule has 0 radical (unpaired) electrons. The third-order valence-corrected chi connectivity index (χ3v) is 4.65. The minimum atomic E-state index is -0.652. The molecule has 2 N–H and O–H groups in total. The second kappa shape index (κ2) is 6.92. The number of ether oxygens (including phenoxy) is 1. The van der Waals surface area contributed by atoms with Gasteiger partial charge in [-0.3, -0.25) is 0 Å². The molecule has 0 amide bonds. The molecule has 2 rings (SSSR count). The minimum Gasteiger partial charge on any atom is -0.490 e. The zero-order valence-corrected chi connectivity index (χ0v) is 13.9. The van der Waals surface area contributed by atoms with Gasteiger partial charge in [-0.25, -0.2) is 0 Å². The number of nitrogens with one attached hydrogen (secondary N) is 1. The lowest BCUT2D eigenvalue weighted by Gasteiger charge is -2.32. The highest BCUT2D eigenvalue weighted by molar-refractivity contribution is 9.10. The van der Waals surface area contributed by atoms with Crippen molar-refractivity contribution in [3.8, 4) is 5.75 Å². The maximum atomic E-state index is 10.5. The fourth-order valence-electron chi connectivity index (χ4n) is 2.71. The summed E-state index contributed by atoms with van der Waals surface area (Å²) in [5.74, 6) is 0.847. The van der Waals surface area contributed by atoms with Crippen LogP contribution in [0.15, 0.2) is 22.7 Å². The van der Waals surface area contributed by atoms with Gasteiger partial charge in [-0.05, 0) is 38.9 Å². The molecule has 1 aliphatic carbocycles. The van der Waals surface area contributed by atoms with Crippen LogP contribution in [0.25, 0.3) is 0 Å². The Bertz CT molecular complexity index is 444. The first-order valence-electron chi connectivity index (χ1n) is 7.36. The molecule has 0 heterocycles. The van der Waals surface area contributed by atoms with Crippen molar-refractivity contribution < 1.29 is 9.84 Å². The smallest absolute Gasteiger partial charge is 0.125 e. The Kier molecular flexibility index (Phi) is 5.47. The van der Waals surface area contributed by atoms with Crippen LogP contribution in [0, 0.1) is 0 Å². The molecule has 112 valence electrons. The first kappa shape index (κ1) is 15.8. The van der Waals surface area contributed by atoms with Gasteiger partial charge >= 0.3 is 0 Å². The van der Waals surface area contributed by atoms with Crippen molar-refractivity contribution in [2.75, 3.05) is 13.7 Å². The van der Waals surface area contributed by atoms with E-state index in [0.29, 0.717) is 6.61 Å². The number of benzene rings is 1. The molecule has 1 aromatic rings. The Balaban J connectivity index is 2.09. The fourth-order valence-corrected chi connectivity index (χ4v) is 3.05. The molecular formula is C16H24BrNO2. The van der Waals surface area contributed by atoms with E-state index >= 15 is 0 Å². The molecule has 0 aliphatic heterocycles. The highest BCUT2D eigenvalue weighted by atomic mass is 79.9.